The number of carbonyl (C=O) groups excluding carboxylic acids is 3. The van der Waals surface area contributed by atoms with Crippen LogP contribution in [0.3, 0.4) is 0 Å². The number of nitriles is 1. The Bertz CT molecular complexity index is 2200. The third-order valence-electron chi connectivity index (χ3n) is 11.4. The lowest BCUT2D eigenvalue weighted by molar-refractivity contribution is -0.120. The average molecular weight is 927 g/mol. The van der Waals surface area contributed by atoms with Gasteiger partial charge in [0.2, 0.25) is 5.95 Å². The van der Waals surface area contributed by atoms with E-state index in [4.69, 9.17) is 30.6 Å². The highest BCUT2D eigenvalue weighted by atomic mass is 35.5. The molecule has 1 atom stereocenters. The summed E-state index contributed by atoms with van der Waals surface area (Å²) in [5.41, 5.74) is 8.33. The van der Waals surface area contributed by atoms with Gasteiger partial charge in [-0.2, -0.15) is 5.26 Å². The molecule has 0 bridgehead atoms. The molecule has 5 rings (SSSR count). The summed E-state index contributed by atoms with van der Waals surface area (Å²) in [5, 5.41) is 20.4. The van der Waals surface area contributed by atoms with Crippen molar-refractivity contribution in [2.45, 2.75) is 126 Å². The Labute approximate surface area is 398 Å². The first-order valence-corrected chi connectivity index (χ1v) is 23.1. The predicted molar refractivity (Wildman–Crippen MR) is 263 cm³/mol. The lowest BCUT2D eigenvalue weighted by atomic mass is 9.77. The molecule has 0 amide bonds. The van der Waals surface area contributed by atoms with E-state index in [2.05, 4.69) is 48.8 Å². The molecule has 1 saturated carbocycles. The lowest BCUT2D eigenvalue weighted by Gasteiger charge is -2.28. The summed E-state index contributed by atoms with van der Waals surface area (Å²) in [7, 11) is 3.06. The summed E-state index contributed by atoms with van der Waals surface area (Å²) in [4.78, 5) is 39.7. The first-order valence-electron chi connectivity index (χ1n) is 22.7. The molecule has 0 spiro atoms. The van der Waals surface area contributed by atoms with Crippen LogP contribution in [0.25, 0.3) is 0 Å². The first kappa shape index (κ1) is 56.5. The molecule has 0 radical (unpaired) electrons. The number of carbonyl (C=O) groups is 3. The zero-order valence-corrected chi connectivity index (χ0v) is 41.8. The molecule has 1 aromatic heterocycles. The van der Waals surface area contributed by atoms with Gasteiger partial charge < -0.3 is 19.0 Å². The molecule has 1 fully saturated rings. The number of allylic oxidation sites excluding steroid dienone is 1. The van der Waals surface area contributed by atoms with Crippen LogP contribution in [-0.2, 0) is 21.6 Å². The van der Waals surface area contributed by atoms with E-state index in [-0.39, 0.29) is 36.0 Å². The SMILES string of the molecule is C=C(CC)CCC(C)C(C)=O.CC=O.CN(O)Nc1nccc(COc2ccc(C(C)(C)c3cc(Cl)c(OCC4CCCCC4)c(C#N)c3)cc2)n1.COc1ccc(C(=O)C(C)C)c(C)c1. The molecule has 1 heterocycles. The van der Waals surface area contributed by atoms with E-state index in [1.165, 1.54) is 51.6 Å². The average Bonchev–Trinajstić information content (AvgIpc) is 3.30. The van der Waals surface area contributed by atoms with Crippen molar-refractivity contribution in [1.29, 1.82) is 5.26 Å². The molecule has 13 heteroatoms. The maximum absolute atomic E-state index is 11.7. The number of aromatic nitrogens is 2. The Kier molecular flexibility index (Phi) is 24.9. The minimum Gasteiger partial charge on any atom is -0.497 e. The molecule has 0 saturated heterocycles. The topological polar surface area (TPSA) is 164 Å². The van der Waals surface area contributed by atoms with Gasteiger partial charge >= 0.3 is 0 Å². The Hall–Kier alpha value is -5.61. The fourth-order valence-corrected chi connectivity index (χ4v) is 7.13. The summed E-state index contributed by atoms with van der Waals surface area (Å²) < 4.78 is 17.1. The summed E-state index contributed by atoms with van der Waals surface area (Å²) >= 11 is 6.66. The molecule has 1 aliphatic carbocycles. The highest BCUT2D eigenvalue weighted by Gasteiger charge is 2.27. The molecule has 0 aliphatic heterocycles. The number of hydrogen-bond donors (Lipinski definition) is 2. The maximum Gasteiger partial charge on any atom is 0.239 e. The number of hydrazine groups is 1. The zero-order chi connectivity index (χ0) is 49.4. The van der Waals surface area contributed by atoms with Crippen molar-refractivity contribution in [3.8, 4) is 23.3 Å². The quantitative estimate of drug-likeness (QED) is 0.0421. The number of ketones is 2. The number of hydrogen-bond acceptors (Lipinski definition) is 12. The fourth-order valence-electron chi connectivity index (χ4n) is 6.86. The van der Waals surface area contributed by atoms with E-state index < -0.39 is 5.41 Å². The molecule has 1 unspecified atom stereocenters. The van der Waals surface area contributed by atoms with Crippen LogP contribution in [0.4, 0.5) is 5.95 Å². The van der Waals surface area contributed by atoms with Crippen LogP contribution in [0.5, 0.6) is 17.2 Å². The van der Waals surface area contributed by atoms with E-state index in [9.17, 15) is 20.1 Å². The van der Waals surface area contributed by atoms with E-state index in [0.717, 1.165) is 58.7 Å². The molecule has 66 heavy (non-hydrogen) atoms. The lowest BCUT2D eigenvalue weighted by Crippen LogP contribution is -2.22. The number of aryl methyl sites for hydroxylation is 1. The van der Waals surface area contributed by atoms with Gasteiger partial charge in [-0.1, -0.05) is 96.7 Å². The molecular weight excluding hydrogens is 854 g/mol. The number of nitrogens with zero attached hydrogens (tertiary/aromatic N) is 4. The second-order valence-corrected chi connectivity index (χ2v) is 17.7. The number of hydroxylamine groups is 1. The molecule has 12 nitrogen and oxygen atoms in total. The van der Waals surface area contributed by atoms with E-state index in [1.54, 1.807) is 26.3 Å². The number of Topliss-reactive ketones (excluding diaryl/α,β-unsaturated/α-hetero) is 2. The second-order valence-electron chi connectivity index (χ2n) is 17.3. The number of anilines is 1. The number of nitrogens with one attached hydrogen (secondary N) is 1. The largest absolute Gasteiger partial charge is 0.497 e. The highest BCUT2D eigenvalue weighted by molar-refractivity contribution is 6.32. The van der Waals surface area contributed by atoms with E-state index in [1.807, 2.05) is 82.3 Å². The van der Waals surface area contributed by atoms with Crippen molar-refractivity contribution in [3.05, 3.63) is 118 Å². The Morgan fingerprint density at radius 1 is 1.03 bits per heavy atom. The van der Waals surface area contributed by atoms with Crippen molar-refractivity contribution in [2.75, 3.05) is 26.2 Å². The molecule has 4 aromatic rings. The van der Waals surface area contributed by atoms with Gasteiger partial charge in [-0.15, -0.1) is 5.17 Å². The van der Waals surface area contributed by atoms with Gasteiger partial charge in [0.1, 0.15) is 36.2 Å². The number of ether oxygens (including phenoxy) is 3. The van der Waals surface area contributed by atoms with Gasteiger partial charge in [-0.25, -0.2) is 9.97 Å². The Morgan fingerprint density at radius 2 is 1.67 bits per heavy atom. The number of aldehydes is 1. The monoisotopic (exact) mass is 926 g/mol. The summed E-state index contributed by atoms with van der Waals surface area (Å²) in [5.74, 6) is 3.49. The van der Waals surface area contributed by atoms with Crippen LogP contribution in [0, 0.1) is 36.0 Å². The first-order chi connectivity index (χ1) is 31.3. The molecular formula is C53H72ClN5O7. The smallest absolute Gasteiger partial charge is 0.239 e. The van der Waals surface area contributed by atoms with Gasteiger partial charge in [-0.05, 0) is 124 Å². The minimum absolute atomic E-state index is 0.0436. The third kappa shape index (κ3) is 19.1. The zero-order valence-electron chi connectivity index (χ0n) is 41.0. The minimum atomic E-state index is -0.404. The van der Waals surface area contributed by atoms with Crippen molar-refractivity contribution >= 4 is 35.4 Å². The maximum atomic E-state index is 11.7. The van der Waals surface area contributed by atoms with Crippen LogP contribution in [0.2, 0.25) is 5.02 Å². The van der Waals surface area contributed by atoms with Crippen LogP contribution in [0.15, 0.2) is 79.0 Å². The number of benzene rings is 3. The predicted octanol–water partition coefficient (Wildman–Crippen LogP) is 12.5. The Morgan fingerprint density at radius 3 is 2.21 bits per heavy atom. The highest BCUT2D eigenvalue weighted by Crippen LogP contribution is 2.39. The summed E-state index contributed by atoms with van der Waals surface area (Å²) in [6, 6.07) is 21.2. The molecule has 358 valence electrons. The normalized spacial score (nSPS) is 12.7. The standard InChI is InChI=1S/C29H34ClN5O3.C12H16O2.C10H18O.C2H4O/c1-29(2,23-15-21(17-31)27(26(30)16-23)38-18-20-7-5-4-6-8-20)22-9-11-25(12-10-22)37-19-24-13-14-32-28(33-24)34-35(3)36;1-8(2)12(13)11-6-5-10(14-4)7-9(11)3;1-5-8(2)6-7-9(3)10(4)11;1-2-3/h9-16,20,36H,4-8,18-19H2,1-3H3,(H,32,33,34);5-8H,1-4H3;9H,2,5-7H2,1,3-4H3;2H,1H3. The fraction of sp³-hybridized carbons (Fsp3) is 0.472. The van der Waals surface area contributed by atoms with Gasteiger partial charge in [-0.3, -0.25) is 20.2 Å². The third-order valence-corrected chi connectivity index (χ3v) is 11.6. The van der Waals surface area contributed by atoms with Gasteiger partial charge in [0.05, 0.1) is 30.0 Å². The van der Waals surface area contributed by atoms with Crippen molar-refractivity contribution in [3.63, 3.8) is 0 Å². The Balaban J connectivity index is 0.000000435. The van der Waals surface area contributed by atoms with Crippen LogP contribution in [0.1, 0.15) is 145 Å². The number of halogens is 1. The summed E-state index contributed by atoms with van der Waals surface area (Å²) in [6.07, 6.45) is 11.4. The van der Waals surface area contributed by atoms with Crippen LogP contribution < -0.4 is 19.6 Å². The van der Waals surface area contributed by atoms with Crippen molar-refractivity contribution < 1.29 is 33.8 Å². The van der Waals surface area contributed by atoms with Crippen LogP contribution in [-0.4, -0.2) is 59.0 Å². The van der Waals surface area contributed by atoms with E-state index in [0.29, 0.717) is 40.3 Å². The molecule has 3 aromatic carbocycles. The second kappa shape index (κ2) is 29.1. The van der Waals surface area contributed by atoms with Gasteiger partial charge in [0.15, 0.2) is 11.5 Å². The molecule has 1 aliphatic rings. The van der Waals surface area contributed by atoms with Gasteiger partial charge in [0.25, 0.3) is 0 Å². The van der Waals surface area contributed by atoms with Gasteiger partial charge in [0, 0.05) is 36.1 Å². The number of rotatable bonds is 18. The van der Waals surface area contributed by atoms with Crippen LogP contribution >= 0.6 is 11.6 Å². The van der Waals surface area contributed by atoms with Crippen molar-refractivity contribution in [1.82, 2.24) is 15.1 Å². The number of methoxy groups -OCH3 is 1. The summed E-state index contributed by atoms with van der Waals surface area (Å²) in [6.45, 7) is 21.9. The van der Waals surface area contributed by atoms with E-state index >= 15 is 0 Å². The van der Waals surface area contributed by atoms with Crippen molar-refractivity contribution in [2.24, 2.45) is 17.8 Å². The molecule has 2 N–H and O–H groups in total.